The molecular weight excluding hydrogens is 476 g/mol. The third kappa shape index (κ3) is 8.03. The first-order chi connectivity index (χ1) is 15.5. The fourth-order valence-electron chi connectivity index (χ4n) is 3.85. The van der Waals surface area contributed by atoms with Crippen LogP contribution < -0.4 is 0 Å². The van der Waals surface area contributed by atoms with Crippen LogP contribution in [-0.4, -0.2) is 45.6 Å². The van der Waals surface area contributed by atoms with Gasteiger partial charge in [0, 0.05) is 48.9 Å². The van der Waals surface area contributed by atoms with E-state index < -0.39 is 24.6 Å². The molecule has 0 aliphatic heterocycles. The van der Waals surface area contributed by atoms with Gasteiger partial charge in [-0.05, 0) is 35.1 Å². The predicted molar refractivity (Wildman–Crippen MR) is 126 cm³/mol. The summed E-state index contributed by atoms with van der Waals surface area (Å²) in [4.78, 5) is 15.8. The van der Waals surface area contributed by atoms with Crippen LogP contribution in [0, 0.1) is 5.82 Å². The molecule has 2 unspecified atom stereocenters. The Morgan fingerprint density at radius 2 is 1.68 bits per heavy atom. The van der Waals surface area contributed by atoms with Gasteiger partial charge in [0.1, 0.15) is 5.82 Å². The van der Waals surface area contributed by atoms with E-state index in [1.54, 1.807) is 25.3 Å². The minimum absolute atomic E-state index is 0. The number of nitrogens with zero attached hydrogens (tertiary/aromatic N) is 1. The number of pyridine rings is 1. The number of aliphatic carboxylic acids is 1. The summed E-state index contributed by atoms with van der Waals surface area (Å²) in [7, 11) is 1.61. The third-order valence-corrected chi connectivity index (χ3v) is 5.32. The van der Waals surface area contributed by atoms with Gasteiger partial charge < -0.3 is 20.1 Å². The Bertz CT molecular complexity index is 976. The van der Waals surface area contributed by atoms with E-state index in [0.29, 0.717) is 6.61 Å². The van der Waals surface area contributed by atoms with Gasteiger partial charge in [0.25, 0.3) is 0 Å². The quantitative estimate of drug-likeness (QED) is 0.399. The molecule has 1 heterocycles. The Balaban J connectivity index is 0.00000578. The molecule has 185 valence electrons. The minimum Gasteiger partial charge on any atom is -0.481 e. The summed E-state index contributed by atoms with van der Waals surface area (Å²) in [5, 5.41) is 29.1. The average molecular weight is 511 g/mol. The number of halogens is 1. The van der Waals surface area contributed by atoms with Crippen molar-refractivity contribution in [1.29, 1.82) is 0 Å². The van der Waals surface area contributed by atoms with Crippen LogP contribution >= 0.6 is 0 Å². The zero-order valence-corrected chi connectivity index (χ0v) is 21.7. The van der Waals surface area contributed by atoms with Crippen molar-refractivity contribution in [3.05, 3.63) is 58.7 Å². The van der Waals surface area contributed by atoms with E-state index in [-0.39, 0.29) is 42.6 Å². The third-order valence-electron chi connectivity index (χ3n) is 5.32. The average Bonchev–Trinajstić information content (AvgIpc) is 2.72. The van der Waals surface area contributed by atoms with E-state index in [1.165, 1.54) is 18.2 Å². The number of carbonyl (C=O) groups is 1. The first-order valence-electron chi connectivity index (χ1n) is 11.1. The normalized spacial score (nSPS) is 13.4. The van der Waals surface area contributed by atoms with Crippen molar-refractivity contribution >= 4 is 12.0 Å². The first kappa shape index (κ1) is 30.0. The maximum Gasteiger partial charge on any atom is 0.305 e. The molecule has 0 bridgehead atoms. The molecule has 0 saturated carbocycles. The fourth-order valence-corrected chi connectivity index (χ4v) is 3.85. The molecule has 1 radical (unpaired) electrons. The molecule has 0 aliphatic carbocycles. The number of aromatic nitrogens is 1. The standard InChI is InChI=1S/C26H34FNO5.V/c1-15(2)25-21(11-10-19(29)12-20(30)13-23(31)32)24(17-6-8-18(27)9-7-17)22(14-33-5)26(28-25)16(3)4;/h6-11,15-16,19-20,29-30H,12-14H2,1-5H3,(H,31,32);/b11-10+;. The van der Waals surface area contributed by atoms with Crippen molar-refractivity contribution in [2.45, 2.75) is 71.2 Å². The molecule has 2 atom stereocenters. The van der Waals surface area contributed by atoms with Crippen molar-refractivity contribution < 1.29 is 47.8 Å². The summed E-state index contributed by atoms with van der Waals surface area (Å²) in [5.41, 5.74) is 5.05. The van der Waals surface area contributed by atoms with E-state index in [1.807, 2.05) is 13.8 Å². The van der Waals surface area contributed by atoms with Gasteiger partial charge in [0.15, 0.2) is 0 Å². The summed E-state index contributed by atoms with van der Waals surface area (Å²) in [5.74, 6) is -1.28. The van der Waals surface area contributed by atoms with Crippen LogP contribution in [0.3, 0.4) is 0 Å². The summed E-state index contributed by atoms with van der Waals surface area (Å²) >= 11 is 0. The van der Waals surface area contributed by atoms with Crippen LogP contribution in [0.4, 0.5) is 4.39 Å². The Kier molecular flexibility index (Phi) is 12.1. The number of rotatable bonds is 11. The number of carboxylic acid groups (broad SMARTS) is 1. The number of aliphatic hydroxyl groups is 2. The van der Waals surface area contributed by atoms with Gasteiger partial charge >= 0.3 is 5.97 Å². The van der Waals surface area contributed by atoms with Gasteiger partial charge in [-0.15, -0.1) is 0 Å². The van der Waals surface area contributed by atoms with Gasteiger partial charge in [-0.2, -0.15) is 0 Å². The fraction of sp³-hybridized carbons (Fsp3) is 0.462. The summed E-state index contributed by atoms with van der Waals surface area (Å²) in [6, 6.07) is 6.23. The Hall–Kier alpha value is -2.03. The number of hydrogen-bond acceptors (Lipinski definition) is 5. The molecule has 0 saturated heterocycles. The second kappa shape index (κ2) is 13.8. The monoisotopic (exact) mass is 510 g/mol. The number of hydrogen-bond donors (Lipinski definition) is 3. The van der Waals surface area contributed by atoms with Crippen molar-refractivity contribution in [3.63, 3.8) is 0 Å². The molecule has 3 N–H and O–H groups in total. The largest absolute Gasteiger partial charge is 0.481 e. The molecule has 1 aromatic carbocycles. The van der Waals surface area contributed by atoms with E-state index in [4.69, 9.17) is 14.8 Å². The Morgan fingerprint density at radius 3 is 2.18 bits per heavy atom. The molecule has 2 rings (SSSR count). The SMILES string of the molecule is COCc1c(C(C)C)nc(C(C)C)c(/C=C/C(O)CC(O)CC(=O)O)c1-c1ccc(F)cc1.[V]. The second-order valence-electron chi connectivity index (χ2n) is 8.81. The van der Waals surface area contributed by atoms with Crippen molar-refractivity contribution in [2.75, 3.05) is 7.11 Å². The van der Waals surface area contributed by atoms with Crippen LogP contribution in [0.5, 0.6) is 0 Å². The molecule has 0 fully saturated rings. The van der Waals surface area contributed by atoms with E-state index in [9.17, 15) is 19.4 Å². The van der Waals surface area contributed by atoms with E-state index in [0.717, 1.165) is 33.6 Å². The molecule has 8 heteroatoms. The van der Waals surface area contributed by atoms with Crippen LogP contribution in [-0.2, 0) is 34.7 Å². The number of benzene rings is 1. The van der Waals surface area contributed by atoms with Crippen LogP contribution in [0.2, 0.25) is 0 Å². The number of methoxy groups -OCH3 is 1. The molecule has 0 spiro atoms. The molecule has 1 aromatic heterocycles. The van der Waals surface area contributed by atoms with Crippen LogP contribution in [0.15, 0.2) is 30.3 Å². The van der Waals surface area contributed by atoms with Gasteiger partial charge in [-0.25, -0.2) is 4.39 Å². The van der Waals surface area contributed by atoms with Crippen molar-refractivity contribution in [2.24, 2.45) is 0 Å². The van der Waals surface area contributed by atoms with Gasteiger partial charge in [0.05, 0.1) is 30.9 Å². The van der Waals surface area contributed by atoms with Crippen molar-refractivity contribution in [1.82, 2.24) is 4.98 Å². The molecule has 0 amide bonds. The number of ether oxygens (including phenoxy) is 1. The topological polar surface area (TPSA) is 99.9 Å². The predicted octanol–water partition coefficient (Wildman–Crippen LogP) is 4.88. The molecule has 2 aromatic rings. The first-order valence-corrected chi connectivity index (χ1v) is 11.1. The zero-order chi connectivity index (χ0) is 24.7. The molecule has 0 aliphatic rings. The second-order valence-corrected chi connectivity index (χ2v) is 8.81. The van der Waals surface area contributed by atoms with Gasteiger partial charge in [-0.3, -0.25) is 9.78 Å². The molecule has 6 nitrogen and oxygen atoms in total. The molecular formula is C26H34FNO5V. The molecule has 34 heavy (non-hydrogen) atoms. The van der Waals surface area contributed by atoms with Gasteiger partial charge in [-0.1, -0.05) is 52.0 Å². The van der Waals surface area contributed by atoms with Gasteiger partial charge in [0.2, 0.25) is 0 Å². The Labute approximate surface area is 212 Å². The summed E-state index contributed by atoms with van der Waals surface area (Å²) < 4.78 is 19.2. The van der Waals surface area contributed by atoms with E-state index >= 15 is 0 Å². The van der Waals surface area contributed by atoms with Crippen LogP contribution in [0.25, 0.3) is 17.2 Å². The van der Waals surface area contributed by atoms with Crippen LogP contribution in [0.1, 0.15) is 74.9 Å². The maximum absolute atomic E-state index is 13.7. The zero-order valence-electron chi connectivity index (χ0n) is 20.3. The number of aliphatic hydroxyl groups excluding tert-OH is 2. The van der Waals surface area contributed by atoms with E-state index in [2.05, 4.69) is 13.8 Å². The van der Waals surface area contributed by atoms with Crippen molar-refractivity contribution in [3.8, 4) is 11.1 Å². The summed E-state index contributed by atoms with van der Waals surface area (Å²) in [6.07, 6.45) is 0.541. The Morgan fingerprint density at radius 1 is 1.09 bits per heavy atom. The number of carboxylic acids is 1. The smallest absolute Gasteiger partial charge is 0.305 e. The minimum atomic E-state index is -1.16. The maximum atomic E-state index is 13.7. The summed E-state index contributed by atoms with van der Waals surface area (Å²) in [6.45, 7) is 8.49.